The maximum absolute atomic E-state index is 14.0. The fraction of sp³-hybridized carbons (Fsp3) is 0.852. The van der Waals surface area contributed by atoms with E-state index in [1.807, 2.05) is 6.92 Å². The number of ether oxygens (including phenoxy) is 1. The van der Waals surface area contributed by atoms with Crippen LogP contribution in [0.2, 0.25) is 0 Å². The third kappa shape index (κ3) is 4.81. The van der Waals surface area contributed by atoms with E-state index < -0.39 is 36.5 Å². The summed E-state index contributed by atoms with van der Waals surface area (Å²) in [7, 11) is 0. The average molecular weight is 519 g/mol. The van der Waals surface area contributed by atoms with Crippen molar-refractivity contribution in [3.05, 3.63) is 12.2 Å². The minimum absolute atomic E-state index is 0.0640. The van der Waals surface area contributed by atoms with Gasteiger partial charge in [-0.3, -0.25) is 0 Å². The molecule has 0 amide bonds. The van der Waals surface area contributed by atoms with E-state index in [-0.39, 0.29) is 41.9 Å². The molecule has 4 aliphatic carbocycles. The summed E-state index contributed by atoms with van der Waals surface area (Å²) in [6, 6.07) is 0. The van der Waals surface area contributed by atoms with Crippen LogP contribution in [0.5, 0.6) is 0 Å². The van der Waals surface area contributed by atoms with Gasteiger partial charge in [0.15, 0.2) is 5.60 Å². The molecule has 0 saturated heterocycles. The van der Waals surface area contributed by atoms with Crippen LogP contribution in [0.25, 0.3) is 0 Å². The number of aliphatic carboxylic acids is 1. The first-order valence-corrected chi connectivity index (χ1v) is 13.3. The largest absolute Gasteiger partial charge is 0.478 e. The van der Waals surface area contributed by atoms with Crippen LogP contribution >= 0.6 is 0 Å². The first-order valence-electron chi connectivity index (χ1n) is 13.3. The summed E-state index contributed by atoms with van der Waals surface area (Å²) in [5.74, 6) is -0.949. The van der Waals surface area contributed by atoms with Crippen molar-refractivity contribution in [2.45, 2.75) is 89.5 Å². The summed E-state index contributed by atoms with van der Waals surface area (Å²) >= 11 is 0. The summed E-state index contributed by atoms with van der Waals surface area (Å²) in [5.41, 5.74) is -2.62. The van der Waals surface area contributed by atoms with Crippen LogP contribution in [0.1, 0.15) is 71.6 Å². The Morgan fingerprint density at radius 2 is 1.72 bits per heavy atom. The third-order valence-corrected chi connectivity index (χ3v) is 10.6. The van der Waals surface area contributed by atoms with Gasteiger partial charge in [0.2, 0.25) is 0 Å². The lowest BCUT2D eigenvalue weighted by atomic mass is 9.48. The van der Waals surface area contributed by atoms with Crippen molar-refractivity contribution in [2.75, 3.05) is 6.67 Å². The third-order valence-electron chi connectivity index (χ3n) is 10.6. The molecule has 36 heavy (non-hydrogen) atoms. The number of carboxylic acids is 1. The van der Waals surface area contributed by atoms with Gasteiger partial charge in [-0.25, -0.2) is 14.0 Å². The number of fused-ring (bicyclic) bond motifs is 5. The van der Waals surface area contributed by atoms with Crippen molar-refractivity contribution in [2.24, 2.45) is 46.8 Å². The lowest BCUT2D eigenvalue weighted by Crippen LogP contribution is -2.55. The molecule has 0 aliphatic heterocycles. The van der Waals surface area contributed by atoms with Crippen molar-refractivity contribution >= 4 is 11.9 Å². The molecule has 0 heterocycles. The number of aliphatic hydroxyl groups is 1. The van der Waals surface area contributed by atoms with Crippen LogP contribution < -0.4 is 0 Å². The molecule has 4 saturated carbocycles. The first kappa shape index (κ1) is 27.4. The normalized spacial score (nSPS) is 42.2. The van der Waals surface area contributed by atoms with Gasteiger partial charge in [0.05, 0.1) is 0 Å². The molecule has 0 bridgehead atoms. The van der Waals surface area contributed by atoms with Gasteiger partial charge in [-0.15, -0.1) is 0 Å². The van der Waals surface area contributed by atoms with Gasteiger partial charge < -0.3 is 14.9 Å². The van der Waals surface area contributed by atoms with Gasteiger partial charge in [0.1, 0.15) is 12.8 Å². The van der Waals surface area contributed by atoms with Crippen molar-refractivity contribution in [3.63, 3.8) is 0 Å². The van der Waals surface area contributed by atoms with Crippen molar-refractivity contribution in [1.82, 2.24) is 0 Å². The second-order valence-corrected chi connectivity index (χ2v) is 12.1. The van der Waals surface area contributed by atoms with E-state index in [2.05, 4.69) is 6.92 Å². The highest BCUT2D eigenvalue weighted by Gasteiger charge is 2.62. The van der Waals surface area contributed by atoms with Crippen molar-refractivity contribution < 1.29 is 42.1 Å². The molecule has 0 aromatic heterocycles. The molecular weight excluding hydrogens is 480 g/mol. The molecule has 4 rings (SSSR count). The van der Waals surface area contributed by atoms with Gasteiger partial charge in [0.25, 0.3) is 0 Å². The van der Waals surface area contributed by atoms with E-state index in [9.17, 15) is 32.3 Å². The Bertz CT molecular complexity index is 875. The zero-order valence-corrected chi connectivity index (χ0v) is 21.0. The van der Waals surface area contributed by atoms with E-state index in [4.69, 9.17) is 9.84 Å². The lowest BCUT2D eigenvalue weighted by Gasteiger charge is -2.57. The molecule has 4 fully saturated rings. The Balaban J connectivity index is 1.44. The van der Waals surface area contributed by atoms with Crippen LogP contribution in [-0.2, 0) is 14.3 Å². The number of carbonyl (C=O) groups excluding carboxylic acids is 1. The van der Waals surface area contributed by atoms with Crippen molar-refractivity contribution in [3.8, 4) is 0 Å². The minimum Gasteiger partial charge on any atom is -0.478 e. The molecule has 5 nitrogen and oxygen atoms in total. The average Bonchev–Trinajstić information content (AvgIpc) is 3.16. The Kier molecular flexibility index (Phi) is 7.54. The Morgan fingerprint density at radius 3 is 2.36 bits per heavy atom. The molecule has 204 valence electrons. The number of carbonyl (C=O) groups is 2. The summed E-state index contributed by atoms with van der Waals surface area (Å²) in [5, 5.41) is 19.0. The smallest absolute Gasteiger partial charge is 0.417 e. The lowest BCUT2D eigenvalue weighted by molar-refractivity contribution is -0.282. The monoisotopic (exact) mass is 518 g/mol. The van der Waals surface area contributed by atoms with Gasteiger partial charge in [-0.2, -0.15) is 13.2 Å². The summed E-state index contributed by atoms with van der Waals surface area (Å²) < 4.78 is 59.7. The van der Waals surface area contributed by atoms with Crippen molar-refractivity contribution in [1.29, 1.82) is 0 Å². The zero-order chi connectivity index (χ0) is 26.5. The zero-order valence-electron chi connectivity index (χ0n) is 21.0. The maximum Gasteiger partial charge on any atom is 0.417 e. The maximum atomic E-state index is 14.0. The van der Waals surface area contributed by atoms with Gasteiger partial charge >= 0.3 is 18.1 Å². The molecule has 9 heteroatoms. The highest BCUT2D eigenvalue weighted by molar-refractivity contribution is 5.90. The summed E-state index contributed by atoms with van der Waals surface area (Å²) in [6.45, 7) is 3.31. The molecule has 0 aromatic carbocycles. The highest BCUT2D eigenvalue weighted by atomic mass is 19.4. The Labute approximate surface area is 209 Å². The number of hydrogen-bond donors (Lipinski definition) is 2. The van der Waals surface area contributed by atoms with E-state index in [1.165, 1.54) is 0 Å². The van der Waals surface area contributed by atoms with Gasteiger partial charge in [-0.1, -0.05) is 13.8 Å². The number of carboxylic acid groups (broad SMARTS) is 1. The predicted molar refractivity (Wildman–Crippen MR) is 123 cm³/mol. The van der Waals surface area contributed by atoms with Crippen LogP contribution in [-0.4, -0.2) is 46.7 Å². The molecular formula is C27H38F4O5. The Morgan fingerprint density at radius 1 is 1.03 bits per heavy atom. The van der Waals surface area contributed by atoms with E-state index >= 15 is 0 Å². The SMILES string of the molecule is C[C@@H]([C@H]1CC[C@H]2[C@@H]3CC[C@@H]4C[C@@](O)(C(F)(F)F)CC[C@@H]4[C@H]3CC[C@]12C)[C@@H](CF)OC(=O)/C=C/C(=O)O. The molecule has 0 spiro atoms. The van der Waals surface area contributed by atoms with Crippen LogP contribution in [0.4, 0.5) is 17.6 Å². The van der Waals surface area contributed by atoms with Crippen LogP contribution in [0, 0.1) is 46.8 Å². The van der Waals surface area contributed by atoms with E-state index in [1.54, 1.807) is 0 Å². The minimum atomic E-state index is -4.59. The second-order valence-electron chi connectivity index (χ2n) is 12.1. The van der Waals surface area contributed by atoms with Crippen LogP contribution in [0.15, 0.2) is 12.2 Å². The fourth-order valence-corrected chi connectivity index (χ4v) is 8.91. The number of esters is 1. The Hall–Kier alpha value is -1.64. The van der Waals surface area contributed by atoms with Crippen LogP contribution in [0.3, 0.4) is 0 Å². The second kappa shape index (κ2) is 9.91. The van der Waals surface area contributed by atoms with Gasteiger partial charge in [0, 0.05) is 12.2 Å². The topological polar surface area (TPSA) is 83.8 Å². The number of alkyl halides is 4. The summed E-state index contributed by atoms with van der Waals surface area (Å²) in [4.78, 5) is 22.7. The highest BCUT2D eigenvalue weighted by Crippen LogP contribution is 2.66. The standard InChI is InChI=1S/C27H38F4O5/c1-15(22(14-28)36-24(34)8-7-23(32)33)20-5-6-21-19-4-3-16-13-26(35,27(29,30)31)12-10-17(16)18(19)9-11-25(20,21)2/h7-8,15-22,35H,3-6,9-14H2,1-2H3,(H,32,33)/b8-7+/t15-,16+,17-,18+,19+,20+,21-,22+,25+,26+/m0/s1. The first-order chi connectivity index (χ1) is 16.8. The molecule has 0 unspecified atom stereocenters. The van der Waals surface area contributed by atoms with E-state index in [0.29, 0.717) is 36.7 Å². The quantitative estimate of drug-likeness (QED) is 0.268. The number of rotatable bonds is 6. The fourth-order valence-electron chi connectivity index (χ4n) is 8.91. The number of halogens is 4. The van der Waals surface area contributed by atoms with E-state index in [0.717, 1.165) is 38.2 Å². The molecule has 0 radical (unpaired) electrons. The molecule has 0 aromatic rings. The molecule has 2 N–H and O–H groups in total. The molecule has 10 atom stereocenters. The number of hydrogen-bond acceptors (Lipinski definition) is 4. The summed E-state index contributed by atoms with van der Waals surface area (Å²) in [6.07, 6.45) is 1.19. The molecule has 4 aliphatic rings. The predicted octanol–water partition coefficient (Wildman–Crippen LogP) is 5.71. The van der Waals surface area contributed by atoms with Gasteiger partial charge in [-0.05, 0) is 105 Å².